The van der Waals surface area contributed by atoms with Crippen molar-refractivity contribution in [2.45, 2.75) is 25.3 Å². The second-order valence-electron chi connectivity index (χ2n) is 5.28. The van der Waals surface area contributed by atoms with Crippen LogP contribution in [0.3, 0.4) is 0 Å². The van der Waals surface area contributed by atoms with Gasteiger partial charge in [0.25, 0.3) is 0 Å². The van der Waals surface area contributed by atoms with E-state index in [1.54, 1.807) is 0 Å². The summed E-state index contributed by atoms with van der Waals surface area (Å²) in [5.74, 6) is 0.997. The molecule has 0 unspecified atom stereocenters. The molecule has 2 aromatic rings. The molecule has 0 spiro atoms. The summed E-state index contributed by atoms with van der Waals surface area (Å²) in [6.07, 6.45) is 2.31. The minimum absolute atomic E-state index is 0.119. The average molecular weight is 303 g/mol. The molecule has 1 saturated carbocycles. The maximum Gasteiger partial charge on any atom is 0.237 e. The van der Waals surface area contributed by atoms with Gasteiger partial charge in [-0.15, -0.1) is 0 Å². The number of carbonyl (C=O) groups is 1. The summed E-state index contributed by atoms with van der Waals surface area (Å²) in [5, 5.41) is 0.734. The lowest BCUT2D eigenvalue weighted by Crippen LogP contribution is -2.33. The van der Waals surface area contributed by atoms with E-state index in [4.69, 9.17) is 11.5 Å². The van der Waals surface area contributed by atoms with Crippen molar-refractivity contribution in [1.29, 1.82) is 0 Å². The van der Waals surface area contributed by atoms with Gasteiger partial charge in [0.05, 0.1) is 6.54 Å². The maximum absolute atomic E-state index is 11.3. The zero-order valence-electron chi connectivity index (χ0n) is 11.5. The lowest BCUT2D eigenvalue weighted by Gasteiger charge is -2.19. The molecule has 0 aliphatic heterocycles. The summed E-state index contributed by atoms with van der Waals surface area (Å²) in [4.78, 5) is 17.7. The smallest absolute Gasteiger partial charge is 0.237 e. The van der Waals surface area contributed by atoms with Gasteiger partial charge in [-0.25, -0.2) is 4.98 Å². The Bertz CT molecular complexity index is 652. The Morgan fingerprint density at radius 1 is 1.43 bits per heavy atom. The van der Waals surface area contributed by atoms with Crippen LogP contribution in [0, 0.1) is 0 Å². The van der Waals surface area contributed by atoms with Gasteiger partial charge in [-0.05, 0) is 30.5 Å². The van der Waals surface area contributed by atoms with Crippen LogP contribution >= 0.6 is 11.5 Å². The minimum atomic E-state index is -0.387. The number of hydrogen-bond acceptors (Lipinski definition) is 6. The van der Waals surface area contributed by atoms with Crippen molar-refractivity contribution in [3.05, 3.63) is 35.7 Å². The number of hydrogen-bond donors (Lipinski definition) is 2. The van der Waals surface area contributed by atoms with Gasteiger partial charge in [0.1, 0.15) is 5.82 Å². The summed E-state index contributed by atoms with van der Waals surface area (Å²) in [6.45, 7) is 0.654. The second-order valence-corrected chi connectivity index (χ2v) is 6.01. The SMILES string of the molecule is NC(=O)CN(Cc1cccc(N)c1)c1nc(C2CC2)ns1. The van der Waals surface area contributed by atoms with Crippen molar-refractivity contribution in [2.75, 3.05) is 17.2 Å². The summed E-state index contributed by atoms with van der Waals surface area (Å²) in [5.41, 5.74) is 12.8. The molecule has 1 aromatic carbocycles. The van der Waals surface area contributed by atoms with E-state index in [0.717, 1.165) is 29.4 Å². The molecule has 1 aromatic heterocycles. The number of benzene rings is 1. The van der Waals surface area contributed by atoms with Crippen LogP contribution in [-0.2, 0) is 11.3 Å². The highest BCUT2D eigenvalue weighted by molar-refractivity contribution is 7.09. The molecule has 1 heterocycles. The number of nitrogens with two attached hydrogens (primary N) is 2. The maximum atomic E-state index is 11.3. The van der Waals surface area contributed by atoms with E-state index in [1.807, 2.05) is 29.2 Å². The topological polar surface area (TPSA) is 98.1 Å². The number of nitrogen functional groups attached to an aromatic ring is 1. The third-order valence-electron chi connectivity index (χ3n) is 3.32. The van der Waals surface area contributed by atoms with Gasteiger partial charge in [-0.1, -0.05) is 12.1 Å². The molecule has 1 fully saturated rings. The molecule has 1 aliphatic carbocycles. The number of aromatic nitrogens is 2. The van der Waals surface area contributed by atoms with E-state index in [2.05, 4.69) is 9.36 Å². The molecule has 0 radical (unpaired) electrons. The zero-order chi connectivity index (χ0) is 14.8. The van der Waals surface area contributed by atoms with Crippen molar-refractivity contribution in [1.82, 2.24) is 9.36 Å². The van der Waals surface area contributed by atoms with E-state index in [9.17, 15) is 4.79 Å². The third-order valence-corrected chi connectivity index (χ3v) is 4.11. The van der Waals surface area contributed by atoms with Crippen LogP contribution in [0.25, 0.3) is 0 Å². The Kier molecular flexibility index (Phi) is 3.74. The standard InChI is InChI=1S/C14H17N5OS/c15-11-3-1-2-9(6-11)7-19(8-12(16)20)14-17-13(18-21-14)10-4-5-10/h1-3,6,10H,4-5,7-8,15H2,(H2,16,20). The van der Waals surface area contributed by atoms with Gasteiger partial charge >= 0.3 is 0 Å². The van der Waals surface area contributed by atoms with E-state index in [0.29, 0.717) is 18.2 Å². The number of primary amides is 1. The van der Waals surface area contributed by atoms with Crippen LogP contribution in [0.15, 0.2) is 24.3 Å². The molecule has 110 valence electrons. The molecule has 21 heavy (non-hydrogen) atoms. The summed E-state index contributed by atoms with van der Waals surface area (Å²) < 4.78 is 4.38. The van der Waals surface area contributed by atoms with Crippen LogP contribution in [-0.4, -0.2) is 21.8 Å². The first-order valence-electron chi connectivity index (χ1n) is 6.83. The van der Waals surface area contributed by atoms with E-state index >= 15 is 0 Å². The first-order valence-corrected chi connectivity index (χ1v) is 7.60. The molecule has 0 bridgehead atoms. The Hall–Kier alpha value is -2.15. The number of nitrogens with zero attached hydrogens (tertiary/aromatic N) is 3. The fourth-order valence-electron chi connectivity index (χ4n) is 2.15. The van der Waals surface area contributed by atoms with Crippen LogP contribution in [0.5, 0.6) is 0 Å². The third kappa shape index (κ3) is 3.49. The Labute approximate surface area is 126 Å². The van der Waals surface area contributed by atoms with Gasteiger partial charge in [0.15, 0.2) is 0 Å². The molecule has 4 N–H and O–H groups in total. The number of carbonyl (C=O) groups excluding carboxylic acids is 1. The molecule has 7 heteroatoms. The zero-order valence-corrected chi connectivity index (χ0v) is 12.3. The Balaban J connectivity index is 1.80. The Morgan fingerprint density at radius 2 is 2.24 bits per heavy atom. The molecule has 1 aliphatic rings. The summed E-state index contributed by atoms with van der Waals surface area (Å²) in [7, 11) is 0. The van der Waals surface area contributed by atoms with Crippen LogP contribution < -0.4 is 16.4 Å². The summed E-state index contributed by atoms with van der Waals surface area (Å²) >= 11 is 1.32. The molecule has 0 saturated heterocycles. The van der Waals surface area contributed by atoms with Crippen molar-refractivity contribution in [3.63, 3.8) is 0 Å². The normalized spacial score (nSPS) is 14.1. The molecular formula is C14H17N5OS. The second kappa shape index (κ2) is 5.69. The minimum Gasteiger partial charge on any atom is -0.399 e. The highest BCUT2D eigenvalue weighted by atomic mass is 32.1. The number of anilines is 2. The van der Waals surface area contributed by atoms with Gasteiger partial charge in [0, 0.05) is 29.7 Å². The van der Waals surface area contributed by atoms with Crippen LogP contribution in [0.4, 0.5) is 10.8 Å². The molecule has 0 atom stereocenters. The fraction of sp³-hybridized carbons (Fsp3) is 0.357. The fourth-order valence-corrected chi connectivity index (χ4v) is 2.90. The molecule has 1 amide bonds. The van der Waals surface area contributed by atoms with Crippen molar-refractivity contribution in [3.8, 4) is 0 Å². The highest BCUT2D eigenvalue weighted by Gasteiger charge is 2.28. The van der Waals surface area contributed by atoms with Gasteiger partial charge < -0.3 is 16.4 Å². The van der Waals surface area contributed by atoms with Crippen molar-refractivity contribution in [2.24, 2.45) is 5.73 Å². The number of rotatable bonds is 6. The lowest BCUT2D eigenvalue weighted by molar-refractivity contribution is -0.116. The highest BCUT2D eigenvalue weighted by Crippen LogP contribution is 2.39. The predicted octanol–water partition coefficient (Wildman–Crippen LogP) is 1.49. The van der Waals surface area contributed by atoms with E-state index in [1.165, 1.54) is 11.5 Å². The quantitative estimate of drug-likeness (QED) is 0.788. The molecule has 6 nitrogen and oxygen atoms in total. The average Bonchev–Trinajstić information content (AvgIpc) is 3.15. The summed E-state index contributed by atoms with van der Waals surface area (Å²) in [6, 6.07) is 7.57. The van der Waals surface area contributed by atoms with Crippen LogP contribution in [0.1, 0.15) is 30.1 Å². The monoisotopic (exact) mass is 303 g/mol. The van der Waals surface area contributed by atoms with Crippen molar-refractivity contribution >= 4 is 28.3 Å². The van der Waals surface area contributed by atoms with Crippen molar-refractivity contribution < 1.29 is 4.79 Å². The first kappa shape index (κ1) is 13.8. The molecule has 3 rings (SSSR count). The van der Waals surface area contributed by atoms with E-state index in [-0.39, 0.29) is 12.5 Å². The largest absolute Gasteiger partial charge is 0.399 e. The Morgan fingerprint density at radius 3 is 2.90 bits per heavy atom. The van der Waals surface area contributed by atoms with Crippen LogP contribution in [0.2, 0.25) is 0 Å². The van der Waals surface area contributed by atoms with E-state index < -0.39 is 0 Å². The van der Waals surface area contributed by atoms with Gasteiger partial charge in [0.2, 0.25) is 11.0 Å². The predicted molar refractivity (Wildman–Crippen MR) is 83.0 cm³/mol. The van der Waals surface area contributed by atoms with Gasteiger partial charge in [-0.2, -0.15) is 4.37 Å². The molecular weight excluding hydrogens is 286 g/mol. The number of amides is 1. The lowest BCUT2D eigenvalue weighted by atomic mass is 10.2. The van der Waals surface area contributed by atoms with Gasteiger partial charge in [-0.3, -0.25) is 4.79 Å². The first-order chi connectivity index (χ1) is 10.1.